The summed E-state index contributed by atoms with van der Waals surface area (Å²) in [5.41, 5.74) is 2.67. The molecule has 0 amide bonds. The van der Waals surface area contributed by atoms with E-state index >= 15 is 0 Å². The molecule has 3 aromatic rings. The van der Waals surface area contributed by atoms with Crippen LogP contribution in [-0.2, 0) is 0 Å². The predicted octanol–water partition coefficient (Wildman–Crippen LogP) is 4.33. The second kappa shape index (κ2) is 4.86. The molecule has 0 bridgehead atoms. The average Bonchev–Trinajstić information content (AvgIpc) is 2.89. The van der Waals surface area contributed by atoms with Crippen LogP contribution >= 0.6 is 11.6 Å². The van der Waals surface area contributed by atoms with Crippen LogP contribution in [-0.4, -0.2) is 9.78 Å². The molecule has 0 atom stereocenters. The second-order valence-electron chi connectivity index (χ2n) is 4.16. The normalized spacial score (nSPS) is 10.6. The molecule has 0 N–H and O–H groups in total. The van der Waals surface area contributed by atoms with Crippen LogP contribution in [0.1, 0.15) is 0 Å². The minimum atomic E-state index is -0.277. The summed E-state index contributed by atoms with van der Waals surface area (Å²) >= 11 is 5.86. The summed E-state index contributed by atoms with van der Waals surface area (Å²) < 4.78 is 14.8. The third-order valence-corrected chi connectivity index (χ3v) is 3.08. The lowest BCUT2D eigenvalue weighted by atomic mass is 10.1. The molecule has 1 aromatic heterocycles. The highest BCUT2D eigenvalue weighted by molar-refractivity contribution is 6.30. The molecule has 2 aromatic carbocycles. The van der Waals surface area contributed by atoms with Gasteiger partial charge in [0, 0.05) is 16.8 Å². The summed E-state index contributed by atoms with van der Waals surface area (Å²) in [7, 11) is 0. The fraction of sp³-hybridized carbons (Fsp3) is 0. The molecule has 2 nitrogen and oxygen atoms in total. The lowest BCUT2D eigenvalue weighted by Crippen LogP contribution is -1.93. The Labute approximate surface area is 115 Å². The zero-order valence-electron chi connectivity index (χ0n) is 9.92. The Morgan fingerprint density at radius 3 is 2.53 bits per heavy atom. The molecule has 0 unspecified atom stereocenters. The molecular weight excluding hydrogens is 263 g/mol. The molecular formula is C15H10ClFN2. The monoisotopic (exact) mass is 272 g/mol. The van der Waals surface area contributed by atoms with E-state index in [0.717, 1.165) is 11.1 Å². The first-order chi connectivity index (χ1) is 9.22. The average molecular weight is 273 g/mol. The van der Waals surface area contributed by atoms with Gasteiger partial charge in [0.1, 0.15) is 5.82 Å². The van der Waals surface area contributed by atoms with Crippen LogP contribution in [0, 0.1) is 5.82 Å². The van der Waals surface area contributed by atoms with Crippen LogP contribution in [0.3, 0.4) is 0 Å². The highest BCUT2D eigenvalue weighted by Gasteiger charge is 2.04. The van der Waals surface area contributed by atoms with E-state index in [1.54, 1.807) is 16.9 Å². The van der Waals surface area contributed by atoms with Crippen molar-refractivity contribution in [3.63, 3.8) is 0 Å². The molecule has 0 radical (unpaired) electrons. The minimum Gasteiger partial charge on any atom is -0.240 e. The van der Waals surface area contributed by atoms with Crippen LogP contribution < -0.4 is 0 Å². The molecule has 0 aliphatic carbocycles. The molecule has 0 aliphatic rings. The molecule has 1 heterocycles. The predicted molar refractivity (Wildman–Crippen MR) is 74.0 cm³/mol. The number of aromatic nitrogens is 2. The van der Waals surface area contributed by atoms with Crippen LogP contribution in [0.4, 0.5) is 4.39 Å². The van der Waals surface area contributed by atoms with Gasteiger partial charge in [-0.1, -0.05) is 29.8 Å². The molecule has 0 aliphatic heterocycles. The van der Waals surface area contributed by atoms with Crippen molar-refractivity contribution in [2.75, 3.05) is 0 Å². The highest BCUT2D eigenvalue weighted by atomic mass is 35.5. The van der Waals surface area contributed by atoms with Gasteiger partial charge in [0.15, 0.2) is 0 Å². The molecule has 94 valence electrons. The first-order valence-corrected chi connectivity index (χ1v) is 6.17. The molecule has 19 heavy (non-hydrogen) atoms. The van der Waals surface area contributed by atoms with Gasteiger partial charge in [-0.15, -0.1) is 0 Å². The Balaban J connectivity index is 1.97. The maximum absolute atomic E-state index is 13.2. The van der Waals surface area contributed by atoms with E-state index in [-0.39, 0.29) is 5.82 Å². The number of rotatable bonds is 2. The molecule has 0 saturated carbocycles. The fourth-order valence-electron chi connectivity index (χ4n) is 1.87. The van der Waals surface area contributed by atoms with E-state index in [1.807, 2.05) is 36.5 Å². The smallest absolute Gasteiger partial charge is 0.125 e. The van der Waals surface area contributed by atoms with Crippen molar-refractivity contribution in [2.45, 2.75) is 0 Å². The van der Waals surface area contributed by atoms with Crippen LogP contribution in [0.25, 0.3) is 16.8 Å². The number of hydrogen-bond donors (Lipinski definition) is 0. The van der Waals surface area contributed by atoms with Gasteiger partial charge in [-0.3, -0.25) is 0 Å². The number of nitrogens with zero attached hydrogens (tertiary/aromatic N) is 2. The fourth-order valence-corrected chi connectivity index (χ4v) is 2.00. The molecule has 3 rings (SSSR count). The first kappa shape index (κ1) is 11.9. The lowest BCUT2D eigenvalue weighted by molar-refractivity contribution is 0.625. The van der Waals surface area contributed by atoms with Crippen molar-refractivity contribution in [3.05, 3.63) is 71.8 Å². The van der Waals surface area contributed by atoms with Gasteiger partial charge in [0.25, 0.3) is 0 Å². The Bertz CT molecular complexity index is 704. The summed E-state index contributed by atoms with van der Waals surface area (Å²) in [5.74, 6) is -0.277. The van der Waals surface area contributed by atoms with E-state index < -0.39 is 0 Å². The Kier molecular flexibility index (Phi) is 3.05. The number of benzene rings is 2. The zero-order chi connectivity index (χ0) is 13.2. The van der Waals surface area contributed by atoms with E-state index in [0.29, 0.717) is 10.7 Å². The largest absolute Gasteiger partial charge is 0.240 e. The molecule has 0 spiro atoms. The van der Waals surface area contributed by atoms with Gasteiger partial charge in [0.05, 0.1) is 11.9 Å². The Morgan fingerprint density at radius 1 is 1.00 bits per heavy atom. The first-order valence-electron chi connectivity index (χ1n) is 5.79. The Hall–Kier alpha value is -2.13. The van der Waals surface area contributed by atoms with Crippen molar-refractivity contribution in [1.82, 2.24) is 9.78 Å². The van der Waals surface area contributed by atoms with Crippen LogP contribution in [0.2, 0.25) is 5.02 Å². The van der Waals surface area contributed by atoms with Gasteiger partial charge < -0.3 is 0 Å². The standard InChI is InChI=1S/C15H10ClFN2/c16-13-6-4-11(5-7-13)12-9-18-19(10-12)15-3-1-2-14(17)8-15/h1-10H. The van der Waals surface area contributed by atoms with Gasteiger partial charge in [-0.25, -0.2) is 9.07 Å². The summed E-state index contributed by atoms with van der Waals surface area (Å²) in [6.07, 6.45) is 3.60. The van der Waals surface area contributed by atoms with Crippen molar-refractivity contribution >= 4 is 11.6 Å². The third-order valence-electron chi connectivity index (χ3n) is 2.83. The van der Waals surface area contributed by atoms with Crippen molar-refractivity contribution in [1.29, 1.82) is 0 Å². The van der Waals surface area contributed by atoms with Gasteiger partial charge in [0.2, 0.25) is 0 Å². The van der Waals surface area contributed by atoms with Gasteiger partial charge in [-0.05, 0) is 35.9 Å². The zero-order valence-corrected chi connectivity index (χ0v) is 10.7. The summed E-state index contributed by atoms with van der Waals surface area (Å²) in [4.78, 5) is 0. The van der Waals surface area contributed by atoms with E-state index in [1.165, 1.54) is 12.1 Å². The Morgan fingerprint density at radius 2 is 1.79 bits per heavy atom. The van der Waals surface area contributed by atoms with Crippen LogP contribution in [0.15, 0.2) is 60.9 Å². The molecule has 0 saturated heterocycles. The molecule has 0 fully saturated rings. The summed E-state index contributed by atoms with van der Waals surface area (Å²) in [5, 5.41) is 4.94. The second-order valence-corrected chi connectivity index (χ2v) is 4.60. The van der Waals surface area contributed by atoms with Gasteiger partial charge >= 0.3 is 0 Å². The van der Waals surface area contributed by atoms with Crippen molar-refractivity contribution in [3.8, 4) is 16.8 Å². The topological polar surface area (TPSA) is 17.8 Å². The minimum absolute atomic E-state index is 0.277. The number of halogens is 2. The third kappa shape index (κ3) is 2.51. The maximum Gasteiger partial charge on any atom is 0.125 e. The van der Waals surface area contributed by atoms with Crippen molar-refractivity contribution in [2.24, 2.45) is 0 Å². The SMILES string of the molecule is Fc1cccc(-n2cc(-c3ccc(Cl)cc3)cn2)c1. The number of hydrogen-bond acceptors (Lipinski definition) is 1. The molecule has 4 heteroatoms. The highest BCUT2D eigenvalue weighted by Crippen LogP contribution is 2.22. The van der Waals surface area contributed by atoms with Crippen molar-refractivity contribution < 1.29 is 4.39 Å². The summed E-state index contributed by atoms with van der Waals surface area (Å²) in [6, 6.07) is 13.8. The van der Waals surface area contributed by atoms with Gasteiger partial charge in [-0.2, -0.15) is 5.10 Å². The van der Waals surface area contributed by atoms with Crippen LogP contribution in [0.5, 0.6) is 0 Å². The maximum atomic E-state index is 13.2. The quantitative estimate of drug-likeness (QED) is 0.679. The van der Waals surface area contributed by atoms with E-state index in [4.69, 9.17) is 11.6 Å². The lowest BCUT2D eigenvalue weighted by Gasteiger charge is -2.00. The van der Waals surface area contributed by atoms with E-state index in [2.05, 4.69) is 5.10 Å². The summed E-state index contributed by atoms with van der Waals surface area (Å²) in [6.45, 7) is 0. The van der Waals surface area contributed by atoms with E-state index in [9.17, 15) is 4.39 Å².